The van der Waals surface area contributed by atoms with E-state index in [1.54, 1.807) is 19.2 Å². The van der Waals surface area contributed by atoms with Crippen molar-refractivity contribution < 1.29 is 9.18 Å². The summed E-state index contributed by atoms with van der Waals surface area (Å²) in [6.07, 6.45) is 1.47. The first-order valence-electron chi connectivity index (χ1n) is 4.85. The molecule has 0 atom stereocenters. The molecule has 1 aromatic rings. The minimum atomic E-state index is -0.677. The molecule has 1 aromatic carbocycles. The summed E-state index contributed by atoms with van der Waals surface area (Å²) in [5.41, 5.74) is 5.78. The number of rotatable bonds is 2. The molecule has 2 rings (SSSR count). The summed E-state index contributed by atoms with van der Waals surface area (Å²) in [4.78, 5) is 13.3. The zero-order valence-electron chi connectivity index (χ0n) is 8.53. The molecule has 1 fully saturated rings. The number of halogens is 1. The molecule has 2 N–H and O–H groups in total. The molecule has 0 spiro atoms. The second kappa shape index (κ2) is 3.31. The molecule has 1 saturated carbocycles. The van der Waals surface area contributed by atoms with Crippen molar-refractivity contribution in [2.45, 2.75) is 18.4 Å². The van der Waals surface area contributed by atoms with Gasteiger partial charge in [0.1, 0.15) is 5.82 Å². The zero-order chi connectivity index (χ0) is 11.1. The van der Waals surface area contributed by atoms with E-state index in [1.165, 1.54) is 17.0 Å². The van der Waals surface area contributed by atoms with Gasteiger partial charge in [-0.05, 0) is 37.1 Å². The second-order valence-electron chi connectivity index (χ2n) is 4.00. The predicted octanol–water partition coefficient (Wildman–Crippen LogP) is 1.28. The van der Waals surface area contributed by atoms with Crippen LogP contribution in [0.1, 0.15) is 12.8 Å². The summed E-state index contributed by atoms with van der Waals surface area (Å²) in [7, 11) is 1.66. The predicted molar refractivity (Wildman–Crippen MR) is 56.0 cm³/mol. The topological polar surface area (TPSA) is 46.3 Å². The van der Waals surface area contributed by atoms with E-state index in [2.05, 4.69) is 0 Å². The SMILES string of the molecule is CN(C(=O)C1(N)CC1)c1ccc(F)cc1. The van der Waals surface area contributed by atoms with Crippen LogP contribution in [0.5, 0.6) is 0 Å². The van der Waals surface area contributed by atoms with E-state index in [0.29, 0.717) is 5.69 Å². The highest BCUT2D eigenvalue weighted by molar-refractivity contribution is 6.01. The van der Waals surface area contributed by atoms with Crippen LogP contribution in [-0.2, 0) is 4.79 Å². The molecule has 1 aliphatic rings. The van der Waals surface area contributed by atoms with Gasteiger partial charge in [-0.15, -0.1) is 0 Å². The van der Waals surface area contributed by atoms with Crippen LogP contribution in [0.15, 0.2) is 24.3 Å². The third kappa shape index (κ3) is 1.85. The van der Waals surface area contributed by atoms with Crippen molar-refractivity contribution in [1.29, 1.82) is 0 Å². The fraction of sp³-hybridized carbons (Fsp3) is 0.364. The molecule has 0 aliphatic heterocycles. The maximum absolute atomic E-state index is 12.7. The highest BCUT2D eigenvalue weighted by atomic mass is 19.1. The molecular formula is C11H13FN2O. The summed E-state index contributed by atoms with van der Waals surface area (Å²) in [6.45, 7) is 0. The lowest BCUT2D eigenvalue weighted by atomic mass is 10.2. The molecule has 4 heteroatoms. The van der Waals surface area contributed by atoms with Crippen LogP contribution >= 0.6 is 0 Å². The molecule has 0 radical (unpaired) electrons. The molecule has 1 amide bonds. The Kier molecular flexibility index (Phi) is 2.23. The number of hydrogen-bond acceptors (Lipinski definition) is 2. The first-order valence-corrected chi connectivity index (χ1v) is 4.85. The monoisotopic (exact) mass is 208 g/mol. The fourth-order valence-corrected chi connectivity index (χ4v) is 1.46. The van der Waals surface area contributed by atoms with Gasteiger partial charge >= 0.3 is 0 Å². The van der Waals surface area contributed by atoms with E-state index in [4.69, 9.17) is 5.73 Å². The number of likely N-dealkylation sites (N-methyl/N-ethyl adjacent to an activating group) is 1. The minimum Gasteiger partial charge on any atom is -0.317 e. The Bertz CT molecular complexity index is 384. The average Bonchev–Trinajstić information content (AvgIpc) is 2.97. The lowest BCUT2D eigenvalue weighted by Gasteiger charge is -2.20. The van der Waals surface area contributed by atoms with Gasteiger partial charge in [-0.1, -0.05) is 0 Å². The van der Waals surface area contributed by atoms with Gasteiger partial charge in [-0.3, -0.25) is 4.79 Å². The van der Waals surface area contributed by atoms with Gasteiger partial charge in [0, 0.05) is 12.7 Å². The van der Waals surface area contributed by atoms with Gasteiger partial charge in [0.05, 0.1) is 5.54 Å². The first-order chi connectivity index (χ1) is 7.03. The summed E-state index contributed by atoms with van der Waals surface area (Å²) in [6, 6.07) is 5.79. The second-order valence-corrected chi connectivity index (χ2v) is 4.00. The number of benzene rings is 1. The van der Waals surface area contributed by atoms with Crippen molar-refractivity contribution in [3.8, 4) is 0 Å². The Morgan fingerprint density at radius 3 is 2.40 bits per heavy atom. The average molecular weight is 208 g/mol. The fourth-order valence-electron chi connectivity index (χ4n) is 1.46. The Labute approximate surface area is 87.7 Å². The van der Waals surface area contributed by atoms with E-state index in [-0.39, 0.29) is 11.7 Å². The minimum absolute atomic E-state index is 0.103. The number of nitrogens with zero attached hydrogens (tertiary/aromatic N) is 1. The summed E-state index contributed by atoms with van der Waals surface area (Å²) in [5, 5.41) is 0. The van der Waals surface area contributed by atoms with Crippen LogP contribution in [-0.4, -0.2) is 18.5 Å². The van der Waals surface area contributed by atoms with Crippen molar-refractivity contribution in [3.63, 3.8) is 0 Å². The maximum Gasteiger partial charge on any atom is 0.246 e. The van der Waals surface area contributed by atoms with Crippen molar-refractivity contribution in [2.24, 2.45) is 5.73 Å². The lowest BCUT2D eigenvalue weighted by Crippen LogP contribution is -2.43. The van der Waals surface area contributed by atoms with Crippen LogP contribution in [0.2, 0.25) is 0 Å². The number of hydrogen-bond donors (Lipinski definition) is 1. The highest BCUT2D eigenvalue weighted by Gasteiger charge is 2.47. The van der Waals surface area contributed by atoms with Gasteiger partial charge in [0.2, 0.25) is 5.91 Å². The quantitative estimate of drug-likeness (QED) is 0.795. The van der Waals surface area contributed by atoms with Gasteiger partial charge in [-0.2, -0.15) is 0 Å². The number of carbonyl (C=O) groups is 1. The molecular weight excluding hydrogens is 195 g/mol. The molecule has 0 bridgehead atoms. The standard InChI is InChI=1S/C11H13FN2O/c1-14(10(15)11(13)6-7-11)9-4-2-8(12)3-5-9/h2-5H,6-7,13H2,1H3. The van der Waals surface area contributed by atoms with Crippen molar-refractivity contribution in [1.82, 2.24) is 0 Å². The number of anilines is 1. The van der Waals surface area contributed by atoms with E-state index >= 15 is 0 Å². The normalized spacial score (nSPS) is 17.3. The summed E-state index contributed by atoms with van der Waals surface area (Å²) in [5.74, 6) is -0.414. The van der Waals surface area contributed by atoms with E-state index in [1.807, 2.05) is 0 Å². The van der Waals surface area contributed by atoms with Gasteiger partial charge in [0.25, 0.3) is 0 Å². The van der Waals surface area contributed by atoms with Gasteiger partial charge in [0.15, 0.2) is 0 Å². The van der Waals surface area contributed by atoms with E-state index < -0.39 is 5.54 Å². The Morgan fingerprint density at radius 1 is 1.40 bits per heavy atom. The van der Waals surface area contributed by atoms with Crippen LogP contribution in [0.3, 0.4) is 0 Å². The van der Waals surface area contributed by atoms with Crippen LogP contribution in [0, 0.1) is 5.82 Å². The number of nitrogens with two attached hydrogens (primary N) is 1. The highest BCUT2D eigenvalue weighted by Crippen LogP contribution is 2.34. The van der Waals surface area contributed by atoms with E-state index in [9.17, 15) is 9.18 Å². The molecule has 0 aromatic heterocycles. The van der Waals surface area contributed by atoms with Gasteiger partial charge in [-0.25, -0.2) is 4.39 Å². The smallest absolute Gasteiger partial charge is 0.246 e. The molecule has 15 heavy (non-hydrogen) atoms. The van der Waals surface area contributed by atoms with Crippen molar-refractivity contribution >= 4 is 11.6 Å². The number of amides is 1. The van der Waals surface area contributed by atoms with Gasteiger partial charge < -0.3 is 10.6 Å². The maximum atomic E-state index is 12.7. The van der Waals surface area contributed by atoms with E-state index in [0.717, 1.165) is 12.8 Å². The first kappa shape index (κ1) is 10.1. The Morgan fingerprint density at radius 2 is 1.93 bits per heavy atom. The summed E-state index contributed by atoms with van der Waals surface area (Å²) < 4.78 is 12.7. The molecule has 0 saturated heterocycles. The third-order valence-corrected chi connectivity index (χ3v) is 2.73. The van der Waals surface area contributed by atoms with Crippen LogP contribution in [0.25, 0.3) is 0 Å². The molecule has 3 nitrogen and oxygen atoms in total. The van der Waals surface area contributed by atoms with Crippen molar-refractivity contribution in [3.05, 3.63) is 30.1 Å². The molecule has 0 heterocycles. The Hall–Kier alpha value is -1.42. The zero-order valence-corrected chi connectivity index (χ0v) is 8.53. The number of carbonyl (C=O) groups excluding carboxylic acids is 1. The molecule has 80 valence electrons. The summed E-state index contributed by atoms with van der Waals surface area (Å²) >= 11 is 0. The van der Waals surface area contributed by atoms with Crippen LogP contribution in [0.4, 0.5) is 10.1 Å². The van der Waals surface area contributed by atoms with Crippen molar-refractivity contribution in [2.75, 3.05) is 11.9 Å². The molecule has 1 aliphatic carbocycles. The molecule has 0 unspecified atom stereocenters. The Balaban J connectivity index is 2.17. The van der Waals surface area contributed by atoms with Crippen LogP contribution < -0.4 is 10.6 Å². The largest absolute Gasteiger partial charge is 0.317 e. The lowest BCUT2D eigenvalue weighted by molar-refractivity contribution is -0.120. The third-order valence-electron chi connectivity index (χ3n) is 2.73.